The summed E-state index contributed by atoms with van der Waals surface area (Å²) in [7, 11) is 1.78. The summed E-state index contributed by atoms with van der Waals surface area (Å²) in [5.41, 5.74) is 8.26. The molecule has 6 heteroatoms. The second-order valence-electron chi connectivity index (χ2n) is 4.38. The molecule has 0 aliphatic heterocycles. The van der Waals surface area contributed by atoms with Gasteiger partial charge in [0.05, 0.1) is 22.8 Å². The number of nitrogens with two attached hydrogens (primary N) is 1. The average molecular weight is 259 g/mol. The molecule has 19 heavy (non-hydrogen) atoms. The summed E-state index contributed by atoms with van der Waals surface area (Å²) in [6.07, 6.45) is 1.68. The van der Waals surface area contributed by atoms with Crippen LogP contribution < -0.4 is 5.73 Å². The van der Waals surface area contributed by atoms with Crippen molar-refractivity contribution in [3.8, 4) is 11.4 Å². The molecule has 0 radical (unpaired) electrons. The summed E-state index contributed by atoms with van der Waals surface area (Å²) in [4.78, 5) is 4.48. The summed E-state index contributed by atoms with van der Waals surface area (Å²) in [5.74, 6) is 0.970. The van der Waals surface area contributed by atoms with E-state index in [1.165, 1.54) is 12.1 Å². The predicted octanol–water partition coefficient (Wildman–Crippen LogP) is 2.18. The van der Waals surface area contributed by atoms with Crippen LogP contribution in [0.2, 0.25) is 0 Å². The summed E-state index contributed by atoms with van der Waals surface area (Å²) >= 11 is 0. The first-order valence-electron chi connectivity index (χ1n) is 6.05. The van der Waals surface area contributed by atoms with Crippen molar-refractivity contribution in [1.29, 1.82) is 0 Å². The molecule has 2 N–H and O–H groups in total. The number of nitrogen functional groups attached to an aromatic ring is 1. The van der Waals surface area contributed by atoms with Gasteiger partial charge in [0.1, 0.15) is 17.5 Å². The Hall–Kier alpha value is -2.37. The van der Waals surface area contributed by atoms with Crippen molar-refractivity contribution in [2.75, 3.05) is 5.73 Å². The molecule has 0 saturated carbocycles. The molecule has 0 unspecified atom stereocenters. The Balaban J connectivity index is 2.31. The fourth-order valence-electron chi connectivity index (χ4n) is 2.25. The highest BCUT2D eigenvalue weighted by molar-refractivity contribution is 5.82. The van der Waals surface area contributed by atoms with Crippen LogP contribution in [0.3, 0.4) is 0 Å². The zero-order chi connectivity index (χ0) is 13.6. The molecular formula is C13H14FN5. The maximum Gasteiger partial charge on any atom is 0.146 e. The van der Waals surface area contributed by atoms with Gasteiger partial charge in [0.15, 0.2) is 0 Å². The Labute approximate surface area is 109 Å². The highest BCUT2D eigenvalue weighted by atomic mass is 19.1. The van der Waals surface area contributed by atoms with Gasteiger partial charge in [0.25, 0.3) is 0 Å². The van der Waals surface area contributed by atoms with Gasteiger partial charge in [0.2, 0.25) is 0 Å². The molecule has 0 atom stereocenters. The van der Waals surface area contributed by atoms with Gasteiger partial charge in [-0.15, -0.1) is 0 Å². The molecule has 0 spiro atoms. The van der Waals surface area contributed by atoms with Gasteiger partial charge in [-0.2, -0.15) is 5.10 Å². The first-order valence-corrected chi connectivity index (χ1v) is 6.05. The Kier molecular flexibility index (Phi) is 2.51. The third-order valence-electron chi connectivity index (χ3n) is 3.25. The number of halogens is 1. The van der Waals surface area contributed by atoms with E-state index in [-0.39, 0.29) is 5.82 Å². The quantitative estimate of drug-likeness (QED) is 0.767. The number of aromatic nitrogens is 4. The Morgan fingerprint density at radius 3 is 2.79 bits per heavy atom. The van der Waals surface area contributed by atoms with Crippen molar-refractivity contribution < 1.29 is 4.39 Å². The van der Waals surface area contributed by atoms with Gasteiger partial charge in [0, 0.05) is 19.7 Å². The number of hydrogen-bond acceptors (Lipinski definition) is 3. The molecule has 1 aromatic carbocycles. The van der Waals surface area contributed by atoms with Gasteiger partial charge in [-0.05, 0) is 19.1 Å². The minimum absolute atomic E-state index is 0.293. The smallest absolute Gasteiger partial charge is 0.146 e. The van der Waals surface area contributed by atoms with Crippen LogP contribution in [0.1, 0.15) is 6.92 Å². The molecule has 0 bridgehead atoms. The van der Waals surface area contributed by atoms with E-state index in [1.807, 2.05) is 11.5 Å². The molecule has 98 valence electrons. The van der Waals surface area contributed by atoms with E-state index in [4.69, 9.17) is 5.73 Å². The normalized spacial score (nSPS) is 11.3. The molecule has 0 fully saturated rings. The van der Waals surface area contributed by atoms with Gasteiger partial charge >= 0.3 is 0 Å². The first kappa shape index (κ1) is 11.7. The third kappa shape index (κ3) is 1.68. The molecular weight excluding hydrogens is 245 g/mol. The minimum atomic E-state index is -0.293. The first-order chi connectivity index (χ1) is 9.11. The highest BCUT2D eigenvalue weighted by Crippen LogP contribution is 2.28. The predicted molar refractivity (Wildman–Crippen MR) is 72.0 cm³/mol. The molecule has 2 aromatic heterocycles. The lowest BCUT2D eigenvalue weighted by Crippen LogP contribution is -2.01. The van der Waals surface area contributed by atoms with Gasteiger partial charge in [-0.3, -0.25) is 4.68 Å². The molecule has 2 heterocycles. The fraction of sp³-hybridized carbons (Fsp3) is 0.231. The molecule has 3 rings (SSSR count). The topological polar surface area (TPSA) is 61.7 Å². The fourth-order valence-corrected chi connectivity index (χ4v) is 2.25. The summed E-state index contributed by atoms with van der Waals surface area (Å²) in [6.45, 7) is 2.74. The Bertz CT molecular complexity index is 756. The van der Waals surface area contributed by atoms with Crippen LogP contribution in [0.4, 0.5) is 10.2 Å². The van der Waals surface area contributed by atoms with Crippen molar-refractivity contribution in [1.82, 2.24) is 19.3 Å². The van der Waals surface area contributed by atoms with Crippen LogP contribution in [0.5, 0.6) is 0 Å². The minimum Gasteiger partial charge on any atom is -0.383 e. The van der Waals surface area contributed by atoms with Crippen molar-refractivity contribution in [2.24, 2.45) is 7.05 Å². The van der Waals surface area contributed by atoms with Crippen molar-refractivity contribution in [3.63, 3.8) is 0 Å². The molecule has 3 aromatic rings. The van der Waals surface area contributed by atoms with Crippen LogP contribution in [-0.2, 0) is 13.6 Å². The van der Waals surface area contributed by atoms with E-state index in [0.717, 1.165) is 17.6 Å². The van der Waals surface area contributed by atoms with Crippen molar-refractivity contribution >= 4 is 16.9 Å². The molecule has 0 saturated heterocycles. The summed E-state index contributed by atoms with van der Waals surface area (Å²) < 4.78 is 16.9. The molecule has 0 aliphatic carbocycles. The van der Waals surface area contributed by atoms with E-state index in [9.17, 15) is 4.39 Å². The van der Waals surface area contributed by atoms with Gasteiger partial charge in [-0.25, -0.2) is 9.37 Å². The van der Waals surface area contributed by atoms with Crippen LogP contribution in [0.25, 0.3) is 22.4 Å². The Morgan fingerprint density at radius 2 is 2.16 bits per heavy atom. The van der Waals surface area contributed by atoms with Crippen LogP contribution in [0, 0.1) is 5.82 Å². The summed E-state index contributed by atoms with van der Waals surface area (Å²) in [6, 6.07) is 4.60. The summed E-state index contributed by atoms with van der Waals surface area (Å²) in [5, 5.41) is 4.12. The second-order valence-corrected chi connectivity index (χ2v) is 4.38. The lowest BCUT2D eigenvalue weighted by molar-refractivity contribution is 0.629. The Morgan fingerprint density at radius 1 is 1.37 bits per heavy atom. The second kappa shape index (κ2) is 4.08. The monoisotopic (exact) mass is 259 g/mol. The average Bonchev–Trinajstić information content (AvgIpc) is 2.90. The molecule has 5 nitrogen and oxygen atoms in total. The maximum absolute atomic E-state index is 13.3. The SMILES string of the molecule is CCn1c(-c2cnn(C)c2N)nc2cc(F)ccc21. The number of aryl methyl sites for hydroxylation is 2. The van der Waals surface area contributed by atoms with E-state index in [0.29, 0.717) is 17.2 Å². The number of hydrogen-bond donors (Lipinski definition) is 1. The third-order valence-corrected chi connectivity index (χ3v) is 3.25. The van der Waals surface area contributed by atoms with Gasteiger partial charge in [-0.1, -0.05) is 0 Å². The lowest BCUT2D eigenvalue weighted by Gasteiger charge is -2.05. The number of benzene rings is 1. The standard InChI is InChI=1S/C13H14FN5/c1-3-19-11-5-4-8(14)6-10(11)17-13(19)9-7-16-18(2)12(9)15/h4-7H,3,15H2,1-2H3. The number of imidazole rings is 1. The van der Waals surface area contributed by atoms with Crippen LogP contribution in [-0.4, -0.2) is 19.3 Å². The number of rotatable bonds is 2. The van der Waals surface area contributed by atoms with Crippen LogP contribution >= 0.6 is 0 Å². The van der Waals surface area contributed by atoms with E-state index in [1.54, 1.807) is 24.0 Å². The molecule has 0 amide bonds. The molecule has 0 aliphatic rings. The highest BCUT2D eigenvalue weighted by Gasteiger charge is 2.16. The zero-order valence-electron chi connectivity index (χ0n) is 10.8. The van der Waals surface area contributed by atoms with Crippen LogP contribution in [0.15, 0.2) is 24.4 Å². The number of fused-ring (bicyclic) bond motifs is 1. The number of anilines is 1. The van der Waals surface area contributed by atoms with Gasteiger partial charge < -0.3 is 10.3 Å². The largest absolute Gasteiger partial charge is 0.383 e. The van der Waals surface area contributed by atoms with E-state index in [2.05, 4.69) is 10.1 Å². The van der Waals surface area contributed by atoms with E-state index >= 15 is 0 Å². The van der Waals surface area contributed by atoms with E-state index < -0.39 is 0 Å². The lowest BCUT2D eigenvalue weighted by atomic mass is 10.3. The maximum atomic E-state index is 13.3. The van der Waals surface area contributed by atoms with Crippen molar-refractivity contribution in [2.45, 2.75) is 13.5 Å². The zero-order valence-corrected chi connectivity index (χ0v) is 10.8. The van der Waals surface area contributed by atoms with Crippen molar-refractivity contribution in [3.05, 3.63) is 30.2 Å². The number of nitrogens with zero attached hydrogens (tertiary/aromatic N) is 4.